The summed E-state index contributed by atoms with van der Waals surface area (Å²) in [5.74, 6) is 6.26. The number of halogens is 1. The van der Waals surface area contributed by atoms with E-state index in [4.69, 9.17) is 10.6 Å². The van der Waals surface area contributed by atoms with Crippen molar-refractivity contribution >= 4 is 27.3 Å². The maximum absolute atomic E-state index is 5.63. The van der Waals surface area contributed by atoms with Crippen molar-refractivity contribution in [3.8, 4) is 5.88 Å². The highest BCUT2D eigenvalue weighted by molar-refractivity contribution is 9.10. The molecule has 2 heterocycles. The number of aromatic nitrogens is 1. The van der Waals surface area contributed by atoms with Crippen molar-refractivity contribution in [2.75, 3.05) is 7.11 Å². The third kappa shape index (κ3) is 4.28. The van der Waals surface area contributed by atoms with Crippen LogP contribution < -0.4 is 16.0 Å². The van der Waals surface area contributed by atoms with Gasteiger partial charge in [-0.3, -0.25) is 11.3 Å². The lowest BCUT2D eigenvalue weighted by atomic mass is 10.0. The lowest BCUT2D eigenvalue weighted by Crippen LogP contribution is -2.38. The predicted molar refractivity (Wildman–Crippen MR) is 81.3 cm³/mol. The van der Waals surface area contributed by atoms with Gasteiger partial charge in [-0.1, -0.05) is 6.07 Å². The molecule has 0 fully saturated rings. The van der Waals surface area contributed by atoms with Crippen molar-refractivity contribution in [2.24, 2.45) is 5.84 Å². The Hall–Kier alpha value is -0.950. The van der Waals surface area contributed by atoms with E-state index >= 15 is 0 Å². The minimum absolute atomic E-state index is 0.195. The van der Waals surface area contributed by atoms with Crippen molar-refractivity contribution in [2.45, 2.75) is 18.9 Å². The zero-order valence-electron chi connectivity index (χ0n) is 10.6. The number of hydrazine groups is 1. The van der Waals surface area contributed by atoms with E-state index in [-0.39, 0.29) is 6.04 Å². The number of thiophene rings is 1. The second-order valence-electron chi connectivity index (χ2n) is 4.21. The minimum Gasteiger partial charge on any atom is -0.481 e. The Bertz CT molecular complexity index is 515. The van der Waals surface area contributed by atoms with Crippen molar-refractivity contribution in [3.63, 3.8) is 0 Å². The molecule has 1 unspecified atom stereocenters. The summed E-state index contributed by atoms with van der Waals surface area (Å²) < 4.78 is 6.16. The summed E-state index contributed by atoms with van der Waals surface area (Å²) in [5.41, 5.74) is 4.01. The summed E-state index contributed by atoms with van der Waals surface area (Å²) in [5, 5.41) is 2.08. The summed E-state index contributed by atoms with van der Waals surface area (Å²) >= 11 is 5.19. The van der Waals surface area contributed by atoms with Crippen molar-refractivity contribution in [1.29, 1.82) is 0 Å². The maximum Gasteiger partial charge on any atom is 0.212 e. The number of hydrogen-bond donors (Lipinski definition) is 2. The SMILES string of the molecule is COc1ccc(CC(Cc2cc(Br)cs2)NN)cn1. The fraction of sp³-hybridized carbons (Fsp3) is 0.308. The number of ether oxygens (including phenoxy) is 1. The highest BCUT2D eigenvalue weighted by Gasteiger charge is 2.11. The third-order valence-corrected chi connectivity index (χ3v) is 4.51. The van der Waals surface area contributed by atoms with Gasteiger partial charge in [0, 0.05) is 33.0 Å². The highest BCUT2D eigenvalue weighted by atomic mass is 79.9. The molecule has 6 heteroatoms. The van der Waals surface area contributed by atoms with Crippen LogP contribution in [0.1, 0.15) is 10.4 Å². The molecule has 102 valence electrons. The molecule has 0 radical (unpaired) electrons. The van der Waals surface area contributed by atoms with Crippen LogP contribution in [0.2, 0.25) is 0 Å². The molecule has 2 aromatic rings. The first-order valence-electron chi connectivity index (χ1n) is 5.89. The third-order valence-electron chi connectivity index (χ3n) is 2.79. The Morgan fingerprint density at radius 2 is 2.32 bits per heavy atom. The number of hydrogen-bond acceptors (Lipinski definition) is 5. The molecule has 1 atom stereocenters. The van der Waals surface area contributed by atoms with Crippen LogP contribution in [0.5, 0.6) is 5.88 Å². The van der Waals surface area contributed by atoms with Gasteiger partial charge in [0.1, 0.15) is 0 Å². The monoisotopic (exact) mass is 341 g/mol. The van der Waals surface area contributed by atoms with Gasteiger partial charge in [-0.25, -0.2) is 4.98 Å². The largest absolute Gasteiger partial charge is 0.481 e. The van der Waals surface area contributed by atoms with Gasteiger partial charge in [0.2, 0.25) is 5.88 Å². The second-order valence-corrected chi connectivity index (χ2v) is 6.12. The minimum atomic E-state index is 0.195. The molecule has 0 amide bonds. The molecule has 0 saturated carbocycles. The smallest absolute Gasteiger partial charge is 0.212 e. The Balaban J connectivity index is 1.97. The molecule has 0 saturated heterocycles. The van der Waals surface area contributed by atoms with Crippen LogP contribution in [0.4, 0.5) is 0 Å². The van der Waals surface area contributed by atoms with Crippen LogP contribution in [0, 0.1) is 0 Å². The van der Waals surface area contributed by atoms with Crippen LogP contribution in [-0.2, 0) is 12.8 Å². The van der Waals surface area contributed by atoms with Gasteiger partial charge < -0.3 is 4.74 Å². The van der Waals surface area contributed by atoms with Gasteiger partial charge in [0.25, 0.3) is 0 Å². The molecular formula is C13H16BrN3OS. The van der Waals surface area contributed by atoms with Gasteiger partial charge >= 0.3 is 0 Å². The number of rotatable bonds is 6. The number of methoxy groups -OCH3 is 1. The van der Waals surface area contributed by atoms with Crippen molar-refractivity contribution in [3.05, 3.63) is 44.7 Å². The lowest BCUT2D eigenvalue weighted by molar-refractivity contribution is 0.397. The Morgan fingerprint density at radius 3 is 2.84 bits per heavy atom. The molecule has 2 rings (SSSR count). The first-order chi connectivity index (χ1) is 9.21. The Kier molecular flexibility index (Phi) is 5.33. The van der Waals surface area contributed by atoms with Gasteiger partial charge in [-0.2, -0.15) is 0 Å². The molecule has 0 spiro atoms. The van der Waals surface area contributed by atoms with Crippen LogP contribution in [0.15, 0.2) is 34.2 Å². The molecule has 19 heavy (non-hydrogen) atoms. The Labute approximate surface area is 125 Å². The number of pyridine rings is 1. The summed E-state index contributed by atoms with van der Waals surface area (Å²) in [6.45, 7) is 0. The Morgan fingerprint density at radius 1 is 1.47 bits per heavy atom. The molecule has 0 aliphatic rings. The molecule has 0 aliphatic heterocycles. The van der Waals surface area contributed by atoms with E-state index in [9.17, 15) is 0 Å². The van der Waals surface area contributed by atoms with E-state index in [0.29, 0.717) is 5.88 Å². The summed E-state index contributed by atoms with van der Waals surface area (Å²) in [6, 6.07) is 6.20. The van der Waals surface area contributed by atoms with Crippen molar-refractivity contribution in [1.82, 2.24) is 10.4 Å². The molecule has 2 aromatic heterocycles. The number of nitrogens with zero attached hydrogens (tertiary/aromatic N) is 1. The average molecular weight is 342 g/mol. The van der Waals surface area contributed by atoms with Gasteiger partial charge in [0.05, 0.1) is 7.11 Å². The standard InChI is InChI=1S/C13H16BrN3OS/c1-18-13-3-2-9(7-16-13)4-11(17-15)6-12-5-10(14)8-19-12/h2-3,5,7-8,11,17H,4,6,15H2,1H3. The van der Waals surface area contributed by atoms with Crippen molar-refractivity contribution < 1.29 is 4.74 Å². The normalized spacial score (nSPS) is 12.4. The maximum atomic E-state index is 5.63. The summed E-state index contributed by atoms with van der Waals surface area (Å²) in [4.78, 5) is 5.50. The van der Waals surface area contributed by atoms with E-state index in [0.717, 1.165) is 22.9 Å². The van der Waals surface area contributed by atoms with Crippen LogP contribution in [0.25, 0.3) is 0 Å². The summed E-state index contributed by atoms with van der Waals surface area (Å²) in [6.07, 6.45) is 3.56. The van der Waals surface area contributed by atoms with E-state index in [1.54, 1.807) is 18.4 Å². The molecule has 3 N–H and O–H groups in total. The molecule has 4 nitrogen and oxygen atoms in total. The van der Waals surface area contributed by atoms with Crippen LogP contribution in [0.3, 0.4) is 0 Å². The topological polar surface area (TPSA) is 60.2 Å². The summed E-state index contributed by atoms with van der Waals surface area (Å²) in [7, 11) is 1.61. The van der Waals surface area contributed by atoms with E-state index in [1.807, 2.05) is 18.3 Å². The molecule has 0 aliphatic carbocycles. The van der Waals surface area contributed by atoms with Crippen LogP contribution >= 0.6 is 27.3 Å². The zero-order chi connectivity index (χ0) is 13.7. The van der Waals surface area contributed by atoms with Crippen LogP contribution in [-0.4, -0.2) is 18.1 Å². The number of nitrogens with one attached hydrogen (secondary N) is 1. The lowest BCUT2D eigenvalue weighted by Gasteiger charge is -2.14. The first kappa shape index (κ1) is 14.5. The molecule has 0 bridgehead atoms. The van der Waals surface area contributed by atoms with E-state index < -0.39 is 0 Å². The van der Waals surface area contributed by atoms with Gasteiger partial charge in [-0.05, 0) is 40.4 Å². The molecular weight excluding hydrogens is 326 g/mol. The first-order valence-corrected chi connectivity index (χ1v) is 7.56. The van der Waals surface area contributed by atoms with E-state index in [1.165, 1.54) is 4.88 Å². The predicted octanol–water partition coefficient (Wildman–Crippen LogP) is 2.53. The fourth-order valence-electron chi connectivity index (χ4n) is 1.83. The van der Waals surface area contributed by atoms with Gasteiger partial charge in [0.15, 0.2) is 0 Å². The second kappa shape index (κ2) is 7.00. The van der Waals surface area contributed by atoms with E-state index in [2.05, 4.69) is 37.8 Å². The fourth-order valence-corrected chi connectivity index (χ4v) is 3.36. The average Bonchev–Trinajstić information content (AvgIpc) is 2.84. The number of nitrogens with two attached hydrogens (primary N) is 1. The quantitative estimate of drug-likeness (QED) is 0.626. The highest BCUT2D eigenvalue weighted by Crippen LogP contribution is 2.21. The zero-order valence-corrected chi connectivity index (χ0v) is 13.0. The van der Waals surface area contributed by atoms with Gasteiger partial charge in [-0.15, -0.1) is 11.3 Å². The molecule has 0 aromatic carbocycles.